The standard InChI is InChI=1S/C20H24N4O4/c1-21-20(22-12-15-6-4-5-7-17(15)24(25)26)23-9-8-14-10-18(27-2)19(28-3)11-16(14)13-23/h4-7,10-11H,8-9,12-13H2,1-3H3,(H,21,22). The van der Waals surface area contributed by atoms with Gasteiger partial charge >= 0.3 is 0 Å². The maximum Gasteiger partial charge on any atom is 0.274 e. The molecule has 0 spiro atoms. The van der Waals surface area contributed by atoms with Gasteiger partial charge in [0.2, 0.25) is 0 Å². The minimum atomic E-state index is -0.365. The number of rotatable bonds is 5. The van der Waals surface area contributed by atoms with E-state index in [0.717, 1.165) is 24.3 Å². The van der Waals surface area contributed by atoms with Crippen LogP contribution in [0, 0.1) is 10.1 Å². The number of hydrogen-bond acceptors (Lipinski definition) is 5. The summed E-state index contributed by atoms with van der Waals surface area (Å²) in [5, 5.41) is 14.5. The highest BCUT2D eigenvalue weighted by Crippen LogP contribution is 2.33. The molecule has 0 radical (unpaired) electrons. The van der Waals surface area contributed by atoms with E-state index < -0.39 is 0 Å². The first-order valence-electron chi connectivity index (χ1n) is 8.99. The monoisotopic (exact) mass is 384 g/mol. The van der Waals surface area contributed by atoms with E-state index in [-0.39, 0.29) is 10.6 Å². The third-order valence-electron chi connectivity index (χ3n) is 4.85. The summed E-state index contributed by atoms with van der Waals surface area (Å²) in [4.78, 5) is 17.3. The topological polar surface area (TPSA) is 89.2 Å². The van der Waals surface area contributed by atoms with Crippen LogP contribution in [0.15, 0.2) is 41.4 Å². The number of nitrogens with zero attached hydrogens (tertiary/aromatic N) is 3. The van der Waals surface area contributed by atoms with Crippen molar-refractivity contribution in [3.8, 4) is 11.5 Å². The highest BCUT2D eigenvalue weighted by atomic mass is 16.6. The number of benzene rings is 2. The van der Waals surface area contributed by atoms with Crippen molar-refractivity contribution >= 4 is 11.6 Å². The molecule has 3 rings (SSSR count). The molecule has 0 amide bonds. The Hall–Kier alpha value is -3.29. The highest BCUT2D eigenvalue weighted by molar-refractivity contribution is 5.80. The molecule has 2 aromatic carbocycles. The zero-order chi connectivity index (χ0) is 20.1. The second-order valence-electron chi connectivity index (χ2n) is 6.43. The van der Waals surface area contributed by atoms with Crippen LogP contribution in [0.3, 0.4) is 0 Å². The zero-order valence-corrected chi connectivity index (χ0v) is 16.3. The molecule has 0 unspecified atom stereocenters. The molecule has 2 aromatic rings. The number of ether oxygens (including phenoxy) is 2. The molecular weight excluding hydrogens is 360 g/mol. The van der Waals surface area contributed by atoms with E-state index >= 15 is 0 Å². The van der Waals surface area contributed by atoms with E-state index in [4.69, 9.17) is 9.47 Å². The lowest BCUT2D eigenvalue weighted by Gasteiger charge is -2.32. The molecule has 0 aliphatic carbocycles. The van der Waals surface area contributed by atoms with Gasteiger partial charge in [-0.1, -0.05) is 18.2 Å². The summed E-state index contributed by atoms with van der Waals surface area (Å²) >= 11 is 0. The average Bonchev–Trinajstić information content (AvgIpc) is 2.73. The van der Waals surface area contributed by atoms with Crippen LogP contribution in [0.5, 0.6) is 11.5 Å². The molecular formula is C20H24N4O4. The molecule has 0 saturated carbocycles. The Morgan fingerprint density at radius 2 is 1.89 bits per heavy atom. The first kappa shape index (κ1) is 19.5. The fourth-order valence-corrected chi connectivity index (χ4v) is 3.41. The van der Waals surface area contributed by atoms with E-state index in [1.807, 2.05) is 12.1 Å². The zero-order valence-electron chi connectivity index (χ0n) is 16.3. The van der Waals surface area contributed by atoms with Crippen LogP contribution in [0.25, 0.3) is 0 Å². The summed E-state index contributed by atoms with van der Waals surface area (Å²) in [5.41, 5.74) is 3.10. The molecule has 1 aliphatic rings. The normalized spacial score (nSPS) is 13.7. The second kappa shape index (κ2) is 8.60. The molecule has 1 heterocycles. The van der Waals surface area contributed by atoms with Crippen LogP contribution in [-0.4, -0.2) is 43.6 Å². The quantitative estimate of drug-likeness (QED) is 0.369. The molecule has 0 fully saturated rings. The minimum absolute atomic E-state index is 0.103. The number of guanidine groups is 1. The summed E-state index contributed by atoms with van der Waals surface area (Å²) < 4.78 is 10.8. The molecule has 8 heteroatoms. The van der Waals surface area contributed by atoms with Crippen molar-refractivity contribution in [2.24, 2.45) is 4.99 Å². The Morgan fingerprint density at radius 1 is 1.21 bits per heavy atom. The van der Waals surface area contributed by atoms with E-state index in [1.165, 1.54) is 11.6 Å². The van der Waals surface area contributed by atoms with Gasteiger partial charge in [-0.05, 0) is 29.7 Å². The van der Waals surface area contributed by atoms with Crippen LogP contribution in [0.4, 0.5) is 5.69 Å². The van der Waals surface area contributed by atoms with Gasteiger partial charge in [0.15, 0.2) is 17.5 Å². The largest absolute Gasteiger partial charge is 0.493 e. The first-order chi connectivity index (χ1) is 13.6. The third kappa shape index (κ3) is 4.00. The maximum absolute atomic E-state index is 11.2. The van der Waals surface area contributed by atoms with Gasteiger partial charge in [0, 0.05) is 38.3 Å². The summed E-state index contributed by atoms with van der Waals surface area (Å²) in [6, 6.07) is 10.7. The van der Waals surface area contributed by atoms with Crippen molar-refractivity contribution in [2.45, 2.75) is 19.5 Å². The van der Waals surface area contributed by atoms with Crippen molar-refractivity contribution < 1.29 is 14.4 Å². The maximum atomic E-state index is 11.2. The Morgan fingerprint density at radius 3 is 2.54 bits per heavy atom. The van der Waals surface area contributed by atoms with E-state index in [2.05, 4.69) is 15.2 Å². The Balaban J connectivity index is 1.74. The molecule has 28 heavy (non-hydrogen) atoms. The number of nitro benzene ring substituents is 1. The number of para-hydroxylation sites is 1. The third-order valence-corrected chi connectivity index (χ3v) is 4.85. The predicted octanol–water partition coefficient (Wildman–Crippen LogP) is 2.75. The van der Waals surface area contributed by atoms with Crippen LogP contribution < -0.4 is 14.8 Å². The lowest BCUT2D eigenvalue weighted by atomic mass is 9.99. The van der Waals surface area contributed by atoms with Gasteiger partial charge in [-0.15, -0.1) is 0 Å². The summed E-state index contributed by atoms with van der Waals surface area (Å²) in [6.07, 6.45) is 0.849. The Kier molecular flexibility index (Phi) is 5.98. The van der Waals surface area contributed by atoms with Crippen molar-refractivity contribution in [1.82, 2.24) is 10.2 Å². The van der Waals surface area contributed by atoms with Crippen LogP contribution in [-0.2, 0) is 19.5 Å². The fourth-order valence-electron chi connectivity index (χ4n) is 3.41. The molecule has 8 nitrogen and oxygen atoms in total. The lowest BCUT2D eigenvalue weighted by Crippen LogP contribution is -2.43. The molecule has 148 valence electrons. The number of hydrogen-bond donors (Lipinski definition) is 1. The van der Waals surface area contributed by atoms with E-state index in [9.17, 15) is 10.1 Å². The van der Waals surface area contributed by atoms with Crippen molar-refractivity contribution in [2.75, 3.05) is 27.8 Å². The van der Waals surface area contributed by atoms with Crippen LogP contribution >= 0.6 is 0 Å². The van der Waals surface area contributed by atoms with Gasteiger partial charge < -0.3 is 19.7 Å². The van der Waals surface area contributed by atoms with E-state index in [0.29, 0.717) is 30.4 Å². The molecule has 0 bridgehead atoms. The summed E-state index contributed by atoms with van der Waals surface area (Å²) in [6.45, 7) is 1.80. The smallest absolute Gasteiger partial charge is 0.274 e. The SMILES string of the molecule is CN=C(NCc1ccccc1[N+](=O)[O-])N1CCc2cc(OC)c(OC)cc2C1. The van der Waals surface area contributed by atoms with Crippen molar-refractivity contribution in [1.29, 1.82) is 0 Å². The van der Waals surface area contributed by atoms with Gasteiger partial charge in [0.25, 0.3) is 5.69 Å². The van der Waals surface area contributed by atoms with Gasteiger partial charge in [-0.2, -0.15) is 0 Å². The molecule has 1 aliphatic heterocycles. The predicted molar refractivity (Wildman–Crippen MR) is 107 cm³/mol. The number of fused-ring (bicyclic) bond motifs is 1. The van der Waals surface area contributed by atoms with Gasteiger partial charge in [-0.3, -0.25) is 15.1 Å². The number of methoxy groups -OCH3 is 2. The number of aliphatic imine (C=N–C) groups is 1. The average molecular weight is 384 g/mol. The Bertz CT molecular complexity index is 898. The van der Waals surface area contributed by atoms with Gasteiger partial charge in [0.05, 0.1) is 19.1 Å². The van der Waals surface area contributed by atoms with Crippen LogP contribution in [0.2, 0.25) is 0 Å². The van der Waals surface area contributed by atoms with E-state index in [1.54, 1.807) is 39.5 Å². The fraction of sp³-hybridized carbons (Fsp3) is 0.350. The van der Waals surface area contributed by atoms with Gasteiger partial charge in [-0.25, -0.2) is 0 Å². The summed E-state index contributed by atoms with van der Waals surface area (Å²) in [5.74, 6) is 2.14. The molecule has 0 aromatic heterocycles. The molecule has 0 atom stereocenters. The van der Waals surface area contributed by atoms with Crippen molar-refractivity contribution in [3.63, 3.8) is 0 Å². The van der Waals surface area contributed by atoms with Crippen LogP contribution in [0.1, 0.15) is 16.7 Å². The minimum Gasteiger partial charge on any atom is -0.493 e. The first-order valence-corrected chi connectivity index (χ1v) is 8.99. The number of nitro groups is 1. The highest BCUT2D eigenvalue weighted by Gasteiger charge is 2.22. The molecule has 0 saturated heterocycles. The number of nitrogens with one attached hydrogen (secondary N) is 1. The second-order valence-corrected chi connectivity index (χ2v) is 6.43. The van der Waals surface area contributed by atoms with Gasteiger partial charge in [0.1, 0.15) is 0 Å². The Labute approximate surface area is 163 Å². The molecule has 1 N–H and O–H groups in total. The summed E-state index contributed by atoms with van der Waals surface area (Å²) in [7, 11) is 4.97. The lowest BCUT2D eigenvalue weighted by molar-refractivity contribution is -0.385. The van der Waals surface area contributed by atoms with Crippen molar-refractivity contribution in [3.05, 3.63) is 63.2 Å².